The lowest BCUT2D eigenvalue weighted by atomic mass is 10.2. The second-order valence-corrected chi connectivity index (χ2v) is 4.83. The van der Waals surface area contributed by atoms with Crippen LogP contribution >= 0.6 is 0 Å². The van der Waals surface area contributed by atoms with Crippen molar-refractivity contribution in [2.45, 2.75) is 13.5 Å². The Kier molecular flexibility index (Phi) is 6.42. The minimum Gasteiger partial charge on any atom is -0.489 e. The van der Waals surface area contributed by atoms with Crippen LogP contribution in [0.15, 0.2) is 66.4 Å². The second-order valence-electron chi connectivity index (χ2n) is 4.83. The van der Waals surface area contributed by atoms with E-state index >= 15 is 0 Å². The van der Waals surface area contributed by atoms with Crippen LogP contribution in [-0.4, -0.2) is 12.6 Å². The molecule has 1 N–H and O–H groups in total. The molecule has 0 aliphatic heterocycles. The standard InChI is InChI=1S/C19H18N2O3/c1-2-23-19(22)16(12-20)13-21-17-8-10-18(11-9-17)24-14-15-6-4-3-5-7-15/h3-11,13,21H,2,14H2,1H3/b16-13+. The van der Waals surface area contributed by atoms with Gasteiger partial charge in [-0.1, -0.05) is 30.3 Å². The van der Waals surface area contributed by atoms with Crippen molar-refractivity contribution in [3.8, 4) is 11.8 Å². The normalized spacial score (nSPS) is 10.6. The molecule has 0 saturated carbocycles. The minimum absolute atomic E-state index is 0.0822. The summed E-state index contributed by atoms with van der Waals surface area (Å²) in [5.74, 6) is 0.0922. The average molecular weight is 322 g/mol. The summed E-state index contributed by atoms with van der Waals surface area (Å²) in [5, 5.41) is 11.8. The number of nitriles is 1. The quantitative estimate of drug-likeness (QED) is 0.478. The van der Waals surface area contributed by atoms with E-state index in [9.17, 15) is 4.79 Å². The SMILES string of the molecule is CCOC(=O)/C(C#N)=C/Nc1ccc(OCc2ccccc2)cc1. The third-order valence-electron chi connectivity index (χ3n) is 3.10. The fourth-order valence-corrected chi connectivity index (χ4v) is 1.89. The molecule has 122 valence electrons. The molecular weight excluding hydrogens is 304 g/mol. The smallest absolute Gasteiger partial charge is 0.350 e. The maximum atomic E-state index is 11.5. The van der Waals surface area contributed by atoms with Crippen LogP contribution < -0.4 is 10.1 Å². The highest BCUT2D eigenvalue weighted by molar-refractivity contribution is 5.93. The maximum Gasteiger partial charge on any atom is 0.350 e. The molecule has 5 heteroatoms. The van der Waals surface area contributed by atoms with E-state index in [-0.39, 0.29) is 12.2 Å². The van der Waals surface area contributed by atoms with Crippen LogP contribution in [0, 0.1) is 11.3 Å². The third-order valence-corrected chi connectivity index (χ3v) is 3.10. The largest absolute Gasteiger partial charge is 0.489 e. The van der Waals surface area contributed by atoms with E-state index in [1.165, 1.54) is 6.20 Å². The Morgan fingerprint density at radius 2 is 1.88 bits per heavy atom. The Balaban J connectivity index is 1.92. The van der Waals surface area contributed by atoms with Gasteiger partial charge in [0, 0.05) is 11.9 Å². The molecule has 0 bridgehead atoms. The van der Waals surface area contributed by atoms with Gasteiger partial charge >= 0.3 is 5.97 Å². The van der Waals surface area contributed by atoms with Gasteiger partial charge in [-0.25, -0.2) is 4.79 Å². The van der Waals surface area contributed by atoms with E-state index < -0.39 is 5.97 Å². The van der Waals surface area contributed by atoms with Crippen molar-refractivity contribution in [3.05, 3.63) is 71.9 Å². The van der Waals surface area contributed by atoms with Crippen molar-refractivity contribution in [1.82, 2.24) is 0 Å². The van der Waals surface area contributed by atoms with Crippen LogP contribution in [0.25, 0.3) is 0 Å². The minimum atomic E-state index is -0.643. The number of nitrogens with zero attached hydrogens (tertiary/aromatic N) is 1. The number of ether oxygens (including phenoxy) is 2. The summed E-state index contributed by atoms with van der Waals surface area (Å²) in [4.78, 5) is 11.5. The maximum absolute atomic E-state index is 11.5. The number of carbonyl (C=O) groups is 1. The summed E-state index contributed by atoms with van der Waals surface area (Å²) in [6.45, 7) is 2.41. The van der Waals surface area contributed by atoms with Crippen LogP contribution in [0.3, 0.4) is 0 Å². The van der Waals surface area contributed by atoms with Crippen molar-refractivity contribution in [2.75, 3.05) is 11.9 Å². The van der Waals surface area contributed by atoms with Gasteiger partial charge in [0.2, 0.25) is 0 Å². The summed E-state index contributed by atoms with van der Waals surface area (Å²) >= 11 is 0. The fourth-order valence-electron chi connectivity index (χ4n) is 1.89. The van der Waals surface area contributed by atoms with Gasteiger partial charge in [0.25, 0.3) is 0 Å². The highest BCUT2D eigenvalue weighted by atomic mass is 16.5. The molecule has 0 amide bonds. The number of nitrogens with one attached hydrogen (secondary N) is 1. The lowest BCUT2D eigenvalue weighted by Crippen LogP contribution is -2.07. The Hall–Kier alpha value is -3.26. The highest BCUT2D eigenvalue weighted by Crippen LogP contribution is 2.17. The molecule has 2 rings (SSSR count). The van der Waals surface area contributed by atoms with Crippen LogP contribution in [0.2, 0.25) is 0 Å². The molecule has 0 aliphatic carbocycles. The number of carbonyl (C=O) groups excluding carboxylic acids is 1. The predicted octanol–water partition coefficient (Wildman–Crippen LogP) is 3.65. The van der Waals surface area contributed by atoms with E-state index in [1.54, 1.807) is 25.1 Å². The van der Waals surface area contributed by atoms with Crippen molar-refractivity contribution < 1.29 is 14.3 Å². The Bertz CT molecular complexity index is 731. The van der Waals surface area contributed by atoms with Crippen LogP contribution in [0.5, 0.6) is 5.75 Å². The first-order valence-electron chi connectivity index (χ1n) is 7.53. The Morgan fingerprint density at radius 3 is 2.50 bits per heavy atom. The summed E-state index contributed by atoms with van der Waals surface area (Å²) in [5.41, 5.74) is 1.75. The molecular formula is C19H18N2O3. The molecule has 2 aromatic carbocycles. The first kappa shape index (κ1) is 17.1. The molecule has 0 saturated heterocycles. The topological polar surface area (TPSA) is 71.4 Å². The van der Waals surface area contributed by atoms with Gasteiger partial charge in [-0.2, -0.15) is 5.26 Å². The summed E-state index contributed by atoms with van der Waals surface area (Å²) in [6.07, 6.45) is 1.33. The van der Waals surface area contributed by atoms with E-state index in [1.807, 2.05) is 42.5 Å². The van der Waals surface area contributed by atoms with Crippen LogP contribution in [0.4, 0.5) is 5.69 Å². The number of benzene rings is 2. The monoisotopic (exact) mass is 322 g/mol. The van der Waals surface area contributed by atoms with Gasteiger partial charge in [-0.15, -0.1) is 0 Å². The van der Waals surface area contributed by atoms with Gasteiger partial charge in [0.15, 0.2) is 5.57 Å². The number of esters is 1. The average Bonchev–Trinajstić information content (AvgIpc) is 2.62. The molecule has 0 radical (unpaired) electrons. The van der Waals surface area contributed by atoms with Crippen LogP contribution in [0.1, 0.15) is 12.5 Å². The third kappa shape index (κ3) is 5.18. The van der Waals surface area contributed by atoms with Crippen molar-refractivity contribution in [2.24, 2.45) is 0 Å². The van der Waals surface area contributed by atoms with E-state index in [0.717, 1.165) is 17.0 Å². The molecule has 5 nitrogen and oxygen atoms in total. The zero-order chi connectivity index (χ0) is 17.2. The zero-order valence-electron chi connectivity index (χ0n) is 13.4. The van der Waals surface area contributed by atoms with Crippen molar-refractivity contribution >= 4 is 11.7 Å². The Morgan fingerprint density at radius 1 is 1.17 bits per heavy atom. The molecule has 0 spiro atoms. The first-order chi connectivity index (χ1) is 11.7. The van der Waals surface area contributed by atoms with E-state index in [0.29, 0.717) is 6.61 Å². The lowest BCUT2D eigenvalue weighted by molar-refractivity contribution is -0.138. The summed E-state index contributed by atoms with van der Waals surface area (Å²) < 4.78 is 10.5. The lowest BCUT2D eigenvalue weighted by Gasteiger charge is -2.07. The number of hydrogen-bond donors (Lipinski definition) is 1. The Labute approximate surface area is 141 Å². The van der Waals surface area contributed by atoms with Gasteiger partial charge in [0.05, 0.1) is 6.61 Å². The van der Waals surface area contributed by atoms with Gasteiger partial charge in [-0.05, 0) is 36.8 Å². The summed E-state index contributed by atoms with van der Waals surface area (Å²) in [7, 11) is 0. The molecule has 0 fully saturated rings. The van der Waals surface area contributed by atoms with E-state index in [2.05, 4.69) is 5.32 Å². The molecule has 0 unspecified atom stereocenters. The zero-order valence-corrected chi connectivity index (χ0v) is 13.4. The molecule has 0 aliphatic rings. The predicted molar refractivity (Wildman–Crippen MR) is 91.2 cm³/mol. The number of rotatable bonds is 7. The molecule has 0 atom stereocenters. The van der Waals surface area contributed by atoms with Gasteiger partial charge < -0.3 is 14.8 Å². The highest BCUT2D eigenvalue weighted by Gasteiger charge is 2.08. The molecule has 2 aromatic rings. The fraction of sp³-hybridized carbons (Fsp3) is 0.158. The summed E-state index contributed by atoms with van der Waals surface area (Å²) in [6, 6.07) is 18.9. The van der Waals surface area contributed by atoms with Crippen LogP contribution in [-0.2, 0) is 16.1 Å². The molecule has 0 heterocycles. The second kappa shape index (κ2) is 9.01. The van der Waals surface area contributed by atoms with Gasteiger partial charge in [0.1, 0.15) is 18.4 Å². The number of anilines is 1. The van der Waals surface area contributed by atoms with Gasteiger partial charge in [-0.3, -0.25) is 0 Å². The van der Waals surface area contributed by atoms with Crippen molar-refractivity contribution in [3.63, 3.8) is 0 Å². The molecule has 24 heavy (non-hydrogen) atoms. The van der Waals surface area contributed by atoms with E-state index in [4.69, 9.17) is 14.7 Å². The molecule has 0 aromatic heterocycles. The van der Waals surface area contributed by atoms with Crippen molar-refractivity contribution in [1.29, 1.82) is 5.26 Å². The number of hydrogen-bond acceptors (Lipinski definition) is 5. The first-order valence-corrected chi connectivity index (χ1v) is 7.53.